The lowest BCUT2D eigenvalue weighted by Gasteiger charge is -2.11. The predicted molar refractivity (Wildman–Crippen MR) is 221 cm³/mol. The third kappa shape index (κ3) is 5.22. The zero-order valence-corrected chi connectivity index (χ0v) is 28.9. The number of furan rings is 1. The molecule has 5 heteroatoms. The molecule has 0 radical (unpaired) electrons. The van der Waals surface area contributed by atoms with Crippen molar-refractivity contribution in [2.24, 2.45) is 15.7 Å². The van der Waals surface area contributed by atoms with Gasteiger partial charge in [0.15, 0.2) is 5.84 Å². The summed E-state index contributed by atoms with van der Waals surface area (Å²) in [6, 6.07) is 57.1. The van der Waals surface area contributed by atoms with Gasteiger partial charge in [0.25, 0.3) is 0 Å². The first-order valence-electron chi connectivity index (χ1n) is 17.4. The number of aliphatic imine (C=N–C) groups is 2. The molecule has 0 saturated heterocycles. The second-order valence-corrected chi connectivity index (χ2v) is 14.2. The molecule has 0 unspecified atom stereocenters. The standard InChI is InChI=1S/C47H31N3OS/c48-46(39-26-35(34-23-22-31-11-2-4-13-33(31)25-34)27-41-44(39)36-14-5-7-17-40(36)51-41)50-47(49-28-29-20-21-30-10-1-3-12-32(30)24-29)38-16-9-19-43-45(38)37-15-6-8-18-42(37)52-43/h1-27H,28H2,(H2,48,49,50). The van der Waals surface area contributed by atoms with Gasteiger partial charge in [0.1, 0.15) is 17.0 Å². The van der Waals surface area contributed by atoms with Crippen molar-refractivity contribution in [3.05, 3.63) is 180 Å². The monoisotopic (exact) mass is 685 g/mol. The SMILES string of the molecule is NC(=NC(=NCc1ccc2ccccc2c1)c1cccc2sc3ccccc3c12)c1cc(-c2ccc3ccccc3c2)cc2oc3ccccc3c12. The summed E-state index contributed by atoms with van der Waals surface area (Å²) in [6.07, 6.45) is 0. The summed E-state index contributed by atoms with van der Waals surface area (Å²) < 4.78 is 8.89. The first-order chi connectivity index (χ1) is 25.7. The topological polar surface area (TPSA) is 63.9 Å². The van der Waals surface area contributed by atoms with E-state index in [0.717, 1.165) is 55.1 Å². The molecule has 4 nitrogen and oxygen atoms in total. The molecule has 246 valence electrons. The molecule has 0 aliphatic rings. The van der Waals surface area contributed by atoms with Crippen LogP contribution in [0, 0.1) is 0 Å². The summed E-state index contributed by atoms with van der Waals surface area (Å²) in [5, 5.41) is 9.02. The lowest BCUT2D eigenvalue weighted by molar-refractivity contribution is 0.669. The number of nitrogens with zero attached hydrogens (tertiary/aromatic N) is 2. The number of para-hydroxylation sites is 1. The Labute approximate surface area is 303 Å². The molecule has 0 spiro atoms. The summed E-state index contributed by atoms with van der Waals surface area (Å²) in [4.78, 5) is 10.5. The van der Waals surface area contributed by atoms with Gasteiger partial charge in [-0.25, -0.2) is 4.99 Å². The van der Waals surface area contributed by atoms with Crippen molar-refractivity contribution >= 4 is 86.7 Å². The lowest BCUT2D eigenvalue weighted by atomic mass is 9.96. The Hall–Kier alpha value is -6.56. The number of nitrogens with two attached hydrogens (primary N) is 1. The fourth-order valence-electron chi connectivity index (χ4n) is 7.41. The minimum Gasteiger partial charge on any atom is -0.456 e. The van der Waals surface area contributed by atoms with Crippen LogP contribution in [-0.2, 0) is 6.54 Å². The second kappa shape index (κ2) is 12.3. The summed E-state index contributed by atoms with van der Waals surface area (Å²) in [5.74, 6) is 0.977. The van der Waals surface area contributed by atoms with E-state index in [1.807, 2.05) is 18.2 Å². The van der Waals surface area contributed by atoms with Gasteiger partial charge in [-0.05, 0) is 80.7 Å². The highest BCUT2D eigenvalue weighted by Gasteiger charge is 2.19. The summed E-state index contributed by atoms with van der Waals surface area (Å²) in [6.45, 7) is 0.455. The Kier molecular flexibility index (Phi) is 7.18. The van der Waals surface area contributed by atoms with Crippen molar-refractivity contribution < 1.29 is 4.42 Å². The molecule has 8 aromatic carbocycles. The Bertz CT molecular complexity index is 3070. The van der Waals surface area contributed by atoms with Crippen LogP contribution in [0.15, 0.2) is 178 Å². The Morgan fingerprint density at radius 2 is 1.21 bits per heavy atom. The number of benzene rings is 8. The average molecular weight is 686 g/mol. The van der Waals surface area contributed by atoms with Gasteiger partial charge in [0, 0.05) is 42.1 Å². The van der Waals surface area contributed by atoms with Crippen LogP contribution in [0.25, 0.3) is 74.8 Å². The smallest absolute Gasteiger partial charge is 0.158 e. The normalized spacial score (nSPS) is 12.6. The Morgan fingerprint density at radius 3 is 2.06 bits per heavy atom. The van der Waals surface area contributed by atoms with Gasteiger partial charge in [-0.1, -0.05) is 121 Å². The maximum absolute atomic E-state index is 7.19. The molecule has 10 rings (SSSR count). The minimum atomic E-state index is 0.382. The first kappa shape index (κ1) is 30.3. The molecule has 2 N–H and O–H groups in total. The minimum absolute atomic E-state index is 0.382. The van der Waals surface area contributed by atoms with Gasteiger partial charge in [-0.15, -0.1) is 11.3 Å². The zero-order chi connectivity index (χ0) is 34.6. The molecule has 0 atom stereocenters. The maximum Gasteiger partial charge on any atom is 0.158 e. The fourth-order valence-corrected chi connectivity index (χ4v) is 8.54. The van der Waals surface area contributed by atoms with E-state index in [2.05, 4.69) is 146 Å². The van der Waals surface area contributed by atoms with Crippen molar-refractivity contribution in [1.29, 1.82) is 0 Å². The van der Waals surface area contributed by atoms with E-state index in [1.165, 1.54) is 36.3 Å². The average Bonchev–Trinajstić information content (AvgIpc) is 3.77. The maximum atomic E-state index is 7.19. The van der Waals surface area contributed by atoms with Crippen LogP contribution in [0.3, 0.4) is 0 Å². The van der Waals surface area contributed by atoms with Crippen LogP contribution in [0.1, 0.15) is 16.7 Å². The molecule has 2 aromatic heterocycles. The van der Waals surface area contributed by atoms with Gasteiger partial charge in [0.2, 0.25) is 0 Å². The van der Waals surface area contributed by atoms with E-state index in [0.29, 0.717) is 18.2 Å². The molecule has 10 aromatic rings. The van der Waals surface area contributed by atoms with E-state index >= 15 is 0 Å². The van der Waals surface area contributed by atoms with E-state index in [1.54, 1.807) is 11.3 Å². The molecule has 2 heterocycles. The summed E-state index contributed by atoms with van der Waals surface area (Å²) in [7, 11) is 0. The number of rotatable bonds is 5. The molecule has 0 aliphatic heterocycles. The quantitative estimate of drug-likeness (QED) is 0.145. The van der Waals surface area contributed by atoms with Gasteiger partial charge < -0.3 is 10.2 Å². The van der Waals surface area contributed by atoms with Crippen molar-refractivity contribution in [1.82, 2.24) is 0 Å². The van der Waals surface area contributed by atoms with Crippen molar-refractivity contribution in [2.45, 2.75) is 6.54 Å². The zero-order valence-electron chi connectivity index (χ0n) is 28.1. The Morgan fingerprint density at radius 1 is 0.519 bits per heavy atom. The molecule has 0 aliphatic carbocycles. The van der Waals surface area contributed by atoms with Crippen molar-refractivity contribution in [2.75, 3.05) is 0 Å². The first-order valence-corrected chi connectivity index (χ1v) is 18.2. The largest absolute Gasteiger partial charge is 0.456 e. The van der Waals surface area contributed by atoms with Gasteiger partial charge >= 0.3 is 0 Å². The van der Waals surface area contributed by atoms with Crippen molar-refractivity contribution in [3.8, 4) is 11.1 Å². The number of amidine groups is 2. The highest BCUT2D eigenvalue weighted by Crippen LogP contribution is 2.38. The number of fused-ring (bicyclic) bond motifs is 8. The summed E-state index contributed by atoms with van der Waals surface area (Å²) >= 11 is 1.78. The second-order valence-electron chi connectivity index (χ2n) is 13.2. The van der Waals surface area contributed by atoms with Crippen LogP contribution >= 0.6 is 11.3 Å². The van der Waals surface area contributed by atoms with Crippen molar-refractivity contribution in [3.63, 3.8) is 0 Å². The molecular formula is C47H31N3OS. The molecule has 0 bridgehead atoms. The fraction of sp³-hybridized carbons (Fsp3) is 0.0213. The van der Waals surface area contributed by atoms with E-state index in [-0.39, 0.29) is 0 Å². The third-order valence-electron chi connectivity index (χ3n) is 9.93. The summed E-state index contributed by atoms with van der Waals surface area (Å²) in [5.41, 5.74) is 13.7. The third-order valence-corrected chi connectivity index (χ3v) is 11.1. The predicted octanol–water partition coefficient (Wildman–Crippen LogP) is 12.3. The molecular weight excluding hydrogens is 655 g/mol. The number of hydrogen-bond donors (Lipinski definition) is 1. The van der Waals surface area contributed by atoms with Crippen LogP contribution in [0.2, 0.25) is 0 Å². The molecule has 0 fully saturated rings. The van der Waals surface area contributed by atoms with Crippen LogP contribution in [0.4, 0.5) is 0 Å². The lowest BCUT2D eigenvalue weighted by Crippen LogP contribution is -2.17. The van der Waals surface area contributed by atoms with Crippen LogP contribution in [0.5, 0.6) is 0 Å². The number of hydrogen-bond acceptors (Lipinski definition) is 3. The molecule has 52 heavy (non-hydrogen) atoms. The molecule has 0 amide bonds. The van der Waals surface area contributed by atoms with E-state index < -0.39 is 0 Å². The van der Waals surface area contributed by atoms with Gasteiger partial charge in [-0.2, -0.15) is 0 Å². The van der Waals surface area contributed by atoms with Gasteiger partial charge in [0.05, 0.1) is 6.54 Å². The van der Waals surface area contributed by atoms with Crippen LogP contribution in [-0.4, -0.2) is 11.7 Å². The Balaban J connectivity index is 1.19. The van der Waals surface area contributed by atoms with E-state index in [4.69, 9.17) is 20.1 Å². The van der Waals surface area contributed by atoms with E-state index in [9.17, 15) is 0 Å². The van der Waals surface area contributed by atoms with Crippen LogP contribution < -0.4 is 5.73 Å². The van der Waals surface area contributed by atoms with Gasteiger partial charge in [-0.3, -0.25) is 4.99 Å². The highest BCUT2D eigenvalue weighted by molar-refractivity contribution is 7.25. The highest BCUT2D eigenvalue weighted by atomic mass is 32.1. The number of thiophene rings is 1. The molecule has 0 saturated carbocycles.